The van der Waals surface area contributed by atoms with Crippen molar-refractivity contribution in [2.24, 2.45) is 0 Å². The Morgan fingerprint density at radius 3 is 2.69 bits per heavy atom. The van der Waals surface area contributed by atoms with Gasteiger partial charge in [0, 0.05) is 12.6 Å². The second-order valence-electron chi connectivity index (χ2n) is 3.38. The van der Waals surface area contributed by atoms with Gasteiger partial charge in [0.05, 0.1) is 17.7 Å². The number of para-hydroxylation sites is 1. The Hall–Kier alpha value is -1.55. The van der Waals surface area contributed by atoms with Crippen molar-refractivity contribution in [3.05, 3.63) is 30.0 Å². The van der Waals surface area contributed by atoms with Gasteiger partial charge in [0.25, 0.3) is 0 Å². The minimum atomic E-state index is 0.886. The molecule has 0 aliphatic rings. The molecule has 1 aromatic carbocycles. The fraction of sp³-hybridized carbons (Fsp3) is 0.250. The first kappa shape index (κ1) is 11.0. The highest BCUT2D eigenvalue weighted by Gasteiger charge is 2.12. The molecule has 0 unspecified atom stereocenters. The van der Waals surface area contributed by atoms with E-state index < -0.39 is 0 Å². The molecule has 0 spiro atoms. The van der Waals surface area contributed by atoms with Gasteiger partial charge in [0.15, 0.2) is 5.13 Å². The summed E-state index contributed by atoms with van der Waals surface area (Å²) in [4.78, 5) is 5.59. The molecule has 1 N–H and O–H groups in total. The Balaban J connectivity index is 2.53. The monoisotopic (exact) mass is 234 g/mol. The van der Waals surface area contributed by atoms with Gasteiger partial charge in [-0.1, -0.05) is 23.5 Å². The van der Waals surface area contributed by atoms with E-state index in [0.717, 1.165) is 27.0 Å². The van der Waals surface area contributed by atoms with E-state index >= 15 is 0 Å². The number of ether oxygens (including phenoxy) is 1. The van der Waals surface area contributed by atoms with Crippen LogP contribution in [0.5, 0.6) is 5.75 Å². The highest BCUT2D eigenvalue weighted by molar-refractivity contribution is 7.19. The Morgan fingerprint density at radius 2 is 2.06 bits per heavy atom. The molecule has 0 aliphatic heterocycles. The van der Waals surface area contributed by atoms with Gasteiger partial charge in [-0.3, -0.25) is 0 Å². The van der Waals surface area contributed by atoms with E-state index in [1.807, 2.05) is 32.2 Å². The van der Waals surface area contributed by atoms with Crippen molar-refractivity contribution in [3.8, 4) is 16.2 Å². The molecule has 0 amide bonds. The van der Waals surface area contributed by atoms with Crippen molar-refractivity contribution in [1.82, 2.24) is 4.98 Å². The maximum atomic E-state index is 5.36. The van der Waals surface area contributed by atoms with Crippen molar-refractivity contribution >= 4 is 16.5 Å². The van der Waals surface area contributed by atoms with Gasteiger partial charge < -0.3 is 10.1 Å². The number of aromatic nitrogens is 1. The maximum Gasteiger partial charge on any atom is 0.183 e. The summed E-state index contributed by atoms with van der Waals surface area (Å²) in [5.74, 6) is 0.886. The average molecular weight is 234 g/mol. The zero-order chi connectivity index (χ0) is 11.5. The lowest BCUT2D eigenvalue weighted by Gasteiger charge is -2.06. The van der Waals surface area contributed by atoms with Gasteiger partial charge in [-0.25, -0.2) is 4.98 Å². The number of methoxy groups -OCH3 is 1. The van der Waals surface area contributed by atoms with Crippen LogP contribution in [-0.2, 0) is 0 Å². The van der Waals surface area contributed by atoms with Crippen LogP contribution in [-0.4, -0.2) is 19.1 Å². The fourth-order valence-corrected chi connectivity index (χ4v) is 2.54. The van der Waals surface area contributed by atoms with Gasteiger partial charge in [-0.2, -0.15) is 0 Å². The highest BCUT2D eigenvalue weighted by Crippen LogP contribution is 2.37. The first-order chi connectivity index (χ1) is 7.76. The van der Waals surface area contributed by atoms with Gasteiger partial charge in [0.1, 0.15) is 5.75 Å². The number of hydrogen-bond acceptors (Lipinski definition) is 4. The summed E-state index contributed by atoms with van der Waals surface area (Å²) in [6, 6.07) is 8.00. The number of rotatable bonds is 3. The normalized spacial score (nSPS) is 10.2. The average Bonchev–Trinajstić information content (AvgIpc) is 2.70. The molecule has 0 radical (unpaired) electrons. The Bertz CT molecular complexity index is 494. The molecule has 0 saturated heterocycles. The number of benzene rings is 1. The van der Waals surface area contributed by atoms with Crippen molar-refractivity contribution < 1.29 is 4.74 Å². The summed E-state index contributed by atoms with van der Waals surface area (Å²) in [6.45, 7) is 2.01. The van der Waals surface area contributed by atoms with Gasteiger partial charge in [-0.05, 0) is 19.1 Å². The van der Waals surface area contributed by atoms with Crippen molar-refractivity contribution in [1.29, 1.82) is 0 Å². The predicted octanol–water partition coefficient (Wildman–Crippen LogP) is 3.17. The number of aryl methyl sites for hydroxylation is 1. The van der Waals surface area contributed by atoms with Gasteiger partial charge in [0.2, 0.25) is 0 Å². The largest absolute Gasteiger partial charge is 0.496 e. The summed E-state index contributed by atoms with van der Waals surface area (Å²) in [5.41, 5.74) is 2.13. The number of anilines is 1. The van der Waals surface area contributed by atoms with Crippen LogP contribution in [0.2, 0.25) is 0 Å². The number of hydrogen-bond donors (Lipinski definition) is 1. The minimum Gasteiger partial charge on any atom is -0.496 e. The highest BCUT2D eigenvalue weighted by atomic mass is 32.1. The van der Waals surface area contributed by atoms with E-state index in [1.54, 1.807) is 18.4 Å². The number of nitrogens with one attached hydrogen (secondary N) is 1. The van der Waals surface area contributed by atoms with Crippen LogP contribution in [0.15, 0.2) is 24.3 Å². The topological polar surface area (TPSA) is 34.2 Å². The summed E-state index contributed by atoms with van der Waals surface area (Å²) in [5, 5.41) is 3.99. The smallest absolute Gasteiger partial charge is 0.183 e. The zero-order valence-corrected chi connectivity index (χ0v) is 10.4. The maximum absolute atomic E-state index is 5.36. The predicted molar refractivity (Wildman–Crippen MR) is 68.4 cm³/mol. The Kier molecular flexibility index (Phi) is 3.10. The molecule has 3 nitrogen and oxygen atoms in total. The molecule has 0 atom stereocenters. The van der Waals surface area contributed by atoms with E-state index in [1.165, 1.54) is 0 Å². The Morgan fingerprint density at radius 1 is 1.31 bits per heavy atom. The number of nitrogens with zero attached hydrogens (tertiary/aromatic N) is 1. The van der Waals surface area contributed by atoms with Crippen LogP contribution in [0, 0.1) is 6.92 Å². The van der Waals surface area contributed by atoms with Crippen LogP contribution in [0.3, 0.4) is 0 Å². The van der Waals surface area contributed by atoms with Gasteiger partial charge in [-0.15, -0.1) is 0 Å². The molecule has 0 fully saturated rings. The SMILES string of the molecule is CNc1nc(C)c(-c2ccccc2OC)s1. The van der Waals surface area contributed by atoms with Crippen molar-refractivity contribution in [2.45, 2.75) is 6.92 Å². The zero-order valence-electron chi connectivity index (χ0n) is 9.57. The van der Waals surface area contributed by atoms with E-state index in [0.29, 0.717) is 0 Å². The molecule has 1 aromatic heterocycles. The van der Waals surface area contributed by atoms with Crippen molar-refractivity contribution in [3.63, 3.8) is 0 Å². The second kappa shape index (κ2) is 4.53. The Labute approximate surface area is 99.1 Å². The van der Waals surface area contributed by atoms with E-state index in [-0.39, 0.29) is 0 Å². The first-order valence-corrected chi connectivity index (χ1v) is 5.86. The molecule has 1 heterocycles. The van der Waals surface area contributed by atoms with Gasteiger partial charge >= 0.3 is 0 Å². The van der Waals surface area contributed by atoms with Crippen LogP contribution in [0.4, 0.5) is 5.13 Å². The summed E-state index contributed by atoms with van der Waals surface area (Å²) in [6.07, 6.45) is 0. The molecule has 0 saturated carbocycles. The molecule has 2 rings (SSSR count). The molecule has 16 heavy (non-hydrogen) atoms. The molecule has 0 aliphatic carbocycles. The first-order valence-electron chi connectivity index (χ1n) is 5.05. The molecule has 4 heteroatoms. The summed E-state index contributed by atoms with van der Waals surface area (Å²) in [7, 11) is 3.57. The molecule has 2 aromatic rings. The quantitative estimate of drug-likeness (QED) is 0.885. The lowest BCUT2D eigenvalue weighted by atomic mass is 10.1. The molecular formula is C12H14N2OS. The summed E-state index contributed by atoms with van der Waals surface area (Å²) >= 11 is 1.64. The standard InChI is InChI=1S/C12H14N2OS/c1-8-11(16-12(13-2)14-8)9-6-4-5-7-10(9)15-3/h4-7H,1-3H3,(H,13,14). The molecule has 84 valence electrons. The molecular weight excluding hydrogens is 220 g/mol. The van der Waals surface area contributed by atoms with E-state index in [2.05, 4.69) is 16.4 Å². The minimum absolute atomic E-state index is 0.886. The third-order valence-electron chi connectivity index (χ3n) is 2.36. The fourth-order valence-electron chi connectivity index (χ4n) is 1.59. The molecule has 0 bridgehead atoms. The van der Waals surface area contributed by atoms with E-state index in [4.69, 9.17) is 4.74 Å². The lowest BCUT2D eigenvalue weighted by molar-refractivity contribution is 0.416. The van der Waals surface area contributed by atoms with Crippen LogP contribution >= 0.6 is 11.3 Å². The third-order valence-corrected chi connectivity index (χ3v) is 3.57. The van der Waals surface area contributed by atoms with E-state index in [9.17, 15) is 0 Å². The van der Waals surface area contributed by atoms with Crippen LogP contribution < -0.4 is 10.1 Å². The van der Waals surface area contributed by atoms with Crippen molar-refractivity contribution in [2.75, 3.05) is 19.5 Å². The third kappa shape index (κ3) is 1.88. The van der Waals surface area contributed by atoms with Crippen LogP contribution in [0.1, 0.15) is 5.69 Å². The lowest BCUT2D eigenvalue weighted by Crippen LogP contribution is -1.87. The van der Waals surface area contributed by atoms with Crippen LogP contribution in [0.25, 0.3) is 10.4 Å². The second-order valence-corrected chi connectivity index (χ2v) is 4.38. The number of thiazole rings is 1. The summed E-state index contributed by atoms with van der Waals surface area (Å²) < 4.78 is 5.36.